The van der Waals surface area contributed by atoms with Crippen molar-refractivity contribution in [2.45, 2.75) is 52.6 Å². The Morgan fingerprint density at radius 3 is 2.62 bits per heavy atom. The maximum atomic E-state index is 5.24. The largest absolute Gasteiger partial charge is 0.383 e. The van der Waals surface area contributed by atoms with Crippen LogP contribution < -0.4 is 10.2 Å². The van der Waals surface area contributed by atoms with E-state index in [1.807, 2.05) is 12.4 Å². The summed E-state index contributed by atoms with van der Waals surface area (Å²) in [7, 11) is 1.74. The van der Waals surface area contributed by atoms with Gasteiger partial charge in [-0.25, -0.2) is 4.98 Å². The minimum Gasteiger partial charge on any atom is -0.383 e. The number of ether oxygens (including phenoxy) is 1. The summed E-state index contributed by atoms with van der Waals surface area (Å²) in [4.78, 5) is 11.4. The highest BCUT2D eigenvalue weighted by atomic mass is 16.5. The van der Waals surface area contributed by atoms with Crippen molar-refractivity contribution in [1.29, 1.82) is 0 Å². The van der Waals surface area contributed by atoms with Crippen LogP contribution in [0, 0.1) is 0 Å². The van der Waals surface area contributed by atoms with Crippen LogP contribution in [0.1, 0.15) is 45.7 Å². The highest BCUT2D eigenvalue weighted by Gasteiger charge is 2.17. The van der Waals surface area contributed by atoms with Gasteiger partial charge in [-0.2, -0.15) is 0 Å². The van der Waals surface area contributed by atoms with E-state index in [-0.39, 0.29) is 0 Å². The van der Waals surface area contributed by atoms with Crippen molar-refractivity contribution >= 4 is 5.82 Å². The first kappa shape index (κ1) is 17.9. The van der Waals surface area contributed by atoms with E-state index >= 15 is 0 Å². The molecule has 0 saturated heterocycles. The first-order chi connectivity index (χ1) is 10.3. The molecule has 0 amide bonds. The van der Waals surface area contributed by atoms with Crippen molar-refractivity contribution < 1.29 is 4.74 Å². The minimum atomic E-state index is 0.480. The van der Waals surface area contributed by atoms with Crippen LogP contribution in [0.2, 0.25) is 0 Å². The number of methoxy groups -OCH3 is 1. The van der Waals surface area contributed by atoms with Crippen LogP contribution in [-0.2, 0) is 11.3 Å². The van der Waals surface area contributed by atoms with E-state index in [2.05, 4.69) is 36.0 Å². The first-order valence-corrected chi connectivity index (χ1v) is 8.03. The van der Waals surface area contributed by atoms with Crippen molar-refractivity contribution in [1.82, 2.24) is 15.3 Å². The molecule has 5 nitrogen and oxygen atoms in total. The van der Waals surface area contributed by atoms with Crippen molar-refractivity contribution in [3.05, 3.63) is 18.1 Å². The zero-order valence-corrected chi connectivity index (χ0v) is 13.9. The number of nitrogens with one attached hydrogen (secondary N) is 1. The number of aromatic nitrogens is 2. The highest BCUT2D eigenvalue weighted by molar-refractivity contribution is 5.38. The Morgan fingerprint density at radius 1 is 1.24 bits per heavy atom. The van der Waals surface area contributed by atoms with Gasteiger partial charge in [-0.3, -0.25) is 4.98 Å². The third-order valence-electron chi connectivity index (χ3n) is 3.62. The summed E-state index contributed by atoms with van der Waals surface area (Å²) in [5.41, 5.74) is 0.995. The normalized spacial score (nSPS) is 11.1. The second-order valence-corrected chi connectivity index (χ2v) is 5.20. The van der Waals surface area contributed by atoms with Gasteiger partial charge in [0.2, 0.25) is 0 Å². The predicted octanol–water partition coefficient (Wildman–Crippen LogP) is 2.62. The third kappa shape index (κ3) is 5.98. The van der Waals surface area contributed by atoms with Gasteiger partial charge in [0.15, 0.2) is 0 Å². The molecule has 0 spiro atoms. The van der Waals surface area contributed by atoms with Crippen LogP contribution >= 0.6 is 0 Å². The summed E-state index contributed by atoms with van der Waals surface area (Å²) in [5.74, 6) is 0.955. The Balaban J connectivity index is 2.82. The number of rotatable bonds is 11. The van der Waals surface area contributed by atoms with Gasteiger partial charge >= 0.3 is 0 Å². The first-order valence-electron chi connectivity index (χ1n) is 8.03. The molecule has 0 radical (unpaired) electrons. The molecular formula is C16H30N4O. The number of nitrogens with zero attached hydrogens (tertiary/aromatic N) is 3. The summed E-state index contributed by atoms with van der Waals surface area (Å²) < 4.78 is 5.24. The molecule has 5 heteroatoms. The Morgan fingerprint density at radius 2 is 2.00 bits per heavy atom. The Bertz CT molecular complexity index is 382. The van der Waals surface area contributed by atoms with Crippen LogP contribution in [0.5, 0.6) is 0 Å². The average Bonchev–Trinajstić information content (AvgIpc) is 2.52. The number of hydrogen-bond acceptors (Lipinski definition) is 5. The molecule has 1 rings (SSSR count). The number of hydrogen-bond donors (Lipinski definition) is 1. The molecule has 0 bridgehead atoms. The van der Waals surface area contributed by atoms with E-state index in [1.54, 1.807) is 7.11 Å². The van der Waals surface area contributed by atoms with Gasteiger partial charge in [-0.05, 0) is 25.8 Å². The lowest BCUT2D eigenvalue weighted by atomic mass is 10.1. The topological polar surface area (TPSA) is 50.3 Å². The van der Waals surface area contributed by atoms with Crippen LogP contribution in [0.25, 0.3) is 0 Å². The molecule has 0 saturated carbocycles. The minimum absolute atomic E-state index is 0.480. The lowest BCUT2D eigenvalue weighted by Gasteiger charge is -2.31. The molecule has 1 aromatic heterocycles. The Labute approximate surface area is 129 Å². The molecule has 0 unspecified atom stereocenters. The summed E-state index contributed by atoms with van der Waals surface area (Å²) >= 11 is 0. The van der Waals surface area contributed by atoms with Gasteiger partial charge in [0, 0.05) is 32.4 Å². The van der Waals surface area contributed by atoms with Crippen LogP contribution in [0.15, 0.2) is 12.4 Å². The SMILES string of the molecule is CCCNCc1cncc(N(CCOC)C(CC)CC)n1. The Hall–Kier alpha value is -1.20. The van der Waals surface area contributed by atoms with Crippen LogP contribution in [0.4, 0.5) is 5.82 Å². The van der Waals surface area contributed by atoms with E-state index in [0.29, 0.717) is 12.6 Å². The van der Waals surface area contributed by atoms with Crippen LogP contribution in [0.3, 0.4) is 0 Å². The summed E-state index contributed by atoms with van der Waals surface area (Å²) in [6.07, 6.45) is 7.02. The Kier molecular flexibility index (Phi) is 8.94. The van der Waals surface area contributed by atoms with E-state index in [9.17, 15) is 0 Å². The van der Waals surface area contributed by atoms with Gasteiger partial charge in [-0.15, -0.1) is 0 Å². The summed E-state index contributed by atoms with van der Waals surface area (Å²) in [6, 6.07) is 0.480. The van der Waals surface area contributed by atoms with Crippen molar-refractivity contribution in [3.63, 3.8) is 0 Å². The van der Waals surface area contributed by atoms with Crippen molar-refractivity contribution in [2.75, 3.05) is 31.7 Å². The fraction of sp³-hybridized carbons (Fsp3) is 0.750. The van der Waals surface area contributed by atoms with E-state index < -0.39 is 0 Å². The van der Waals surface area contributed by atoms with E-state index in [4.69, 9.17) is 9.72 Å². The maximum absolute atomic E-state index is 5.24. The second-order valence-electron chi connectivity index (χ2n) is 5.20. The molecule has 0 fully saturated rings. The van der Waals surface area contributed by atoms with Crippen molar-refractivity contribution in [3.8, 4) is 0 Å². The summed E-state index contributed by atoms with van der Waals surface area (Å²) in [6.45, 7) is 9.93. The zero-order valence-electron chi connectivity index (χ0n) is 13.9. The lowest BCUT2D eigenvalue weighted by Crippen LogP contribution is -2.38. The summed E-state index contributed by atoms with van der Waals surface area (Å²) in [5, 5.41) is 3.37. The standard InChI is InChI=1S/C16H30N4O/c1-5-8-17-11-14-12-18-13-16(19-14)20(9-10-21-4)15(6-2)7-3/h12-13,15,17H,5-11H2,1-4H3. The molecule has 1 heterocycles. The molecular weight excluding hydrogens is 264 g/mol. The molecule has 0 atom stereocenters. The van der Waals surface area contributed by atoms with Gasteiger partial charge < -0.3 is 15.0 Å². The number of anilines is 1. The molecule has 1 N–H and O–H groups in total. The fourth-order valence-electron chi connectivity index (χ4n) is 2.41. The molecule has 1 aromatic rings. The molecule has 0 aromatic carbocycles. The molecule has 0 aliphatic rings. The molecule has 120 valence electrons. The monoisotopic (exact) mass is 294 g/mol. The van der Waals surface area contributed by atoms with Crippen molar-refractivity contribution in [2.24, 2.45) is 0 Å². The van der Waals surface area contributed by atoms with Gasteiger partial charge in [0.25, 0.3) is 0 Å². The maximum Gasteiger partial charge on any atom is 0.147 e. The average molecular weight is 294 g/mol. The predicted molar refractivity (Wildman–Crippen MR) is 87.6 cm³/mol. The molecule has 0 aliphatic heterocycles. The smallest absolute Gasteiger partial charge is 0.147 e. The molecule has 0 aliphatic carbocycles. The van der Waals surface area contributed by atoms with Gasteiger partial charge in [-0.1, -0.05) is 20.8 Å². The quantitative estimate of drug-likeness (QED) is 0.636. The van der Waals surface area contributed by atoms with E-state index in [1.165, 1.54) is 0 Å². The zero-order chi connectivity index (χ0) is 15.5. The van der Waals surface area contributed by atoms with Gasteiger partial charge in [0.05, 0.1) is 18.5 Å². The van der Waals surface area contributed by atoms with Crippen LogP contribution in [-0.4, -0.2) is 42.8 Å². The highest BCUT2D eigenvalue weighted by Crippen LogP contribution is 2.17. The second kappa shape index (κ2) is 10.5. The third-order valence-corrected chi connectivity index (χ3v) is 3.62. The fourth-order valence-corrected chi connectivity index (χ4v) is 2.41. The van der Waals surface area contributed by atoms with Gasteiger partial charge in [0.1, 0.15) is 5.82 Å². The van der Waals surface area contributed by atoms with E-state index in [0.717, 1.165) is 50.4 Å². The molecule has 21 heavy (non-hydrogen) atoms. The lowest BCUT2D eigenvalue weighted by molar-refractivity contribution is 0.202.